The average molecular weight is 307 g/mol. The second-order valence-corrected chi connectivity index (χ2v) is 4.70. The van der Waals surface area contributed by atoms with Gasteiger partial charge in [-0.3, -0.25) is 9.69 Å². The van der Waals surface area contributed by atoms with Crippen LogP contribution >= 0.6 is 0 Å². The number of benzene rings is 1. The third-order valence-corrected chi connectivity index (χ3v) is 3.31. The lowest BCUT2D eigenvalue weighted by atomic mass is 10.2. The number of ether oxygens (including phenoxy) is 1. The molecule has 0 radical (unpaired) electrons. The van der Waals surface area contributed by atoms with Crippen LogP contribution in [-0.4, -0.2) is 55.9 Å². The number of carboxylic acids is 1. The van der Waals surface area contributed by atoms with Gasteiger partial charge in [0, 0.05) is 31.5 Å². The number of hydrogen-bond donors (Lipinski definition) is 3. The lowest BCUT2D eigenvalue weighted by Crippen LogP contribution is -2.37. The van der Waals surface area contributed by atoms with Gasteiger partial charge in [0.25, 0.3) is 5.91 Å². The Morgan fingerprint density at radius 1 is 1.41 bits per heavy atom. The second-order valence-electron chi connectivity index (χ2n) is 4.70. The number of urea groups is 1. The van der Waals surface area contributed by atoms with E-state index in [0.29, 0.717) is 24.3 Å². The minimum Gasteiger partial charge on any atom is -0.479 e. The highest BCUT2D eigenvalue weighted by molar-refractivity contribution is 5.97. The van der Waals surface area contributed by atoms with E-state index in [4.69, 9.17) is 9.84 Å². The van der Waals surface area contributed by atoms with E-state index in [0.717, 1.165) is 0 Å². The summed E-state index contributed by atoms with van der Waals surface area (Å²) >= 11 is 0. The Morgan fingerprint density at radius 3 is 2.59 bits per heavy atom. The zero-order valence-electron chi connectivity index (χ0n) is 12.0. The molecule has 3 amide bonds. The van der Waals surface area contributed by atoms with Crippen molar-refractivity contribution in [3.63, 3.8) is 0 Å². The molecule has 22 heavy (non-hydrogen) atoms. The predicted octanol–water partition coefficient (Wildman–Crippen LogP) is 0.0456. The predicted molar refractivity (Wildman–Crippen MR) is 78.0 cm³/mol. The van der Waals surface area contributed by atoms with E-state index in [-0.39, 0.29) is 12.6 Å². The third-order valence-electron chi connectivity index (χ3n) is 3.31. The maximum Gasteiger partial charge on any atom is 0.334 e. The Morgan fingerprint density at radius 2 is 2.09 bits per heavy atom. The van der Waals surface area contributed by atoms with Crippen LogP contribution < -0.4 is 15.5 Å². The van der Waals surface area contributed by atoms with Crippen LogP contribution in [0.4, 0.5) is 10.5 Å². The van der Waals surface area contributed by atoms with Crippen LogP contribution in [0.3, 0.4) is 0 Å². The van der Waals surface area contributed by atoms with Crippen molar-refractivity contribution >= 4 is 23.6 Å². The fourth-order valence-electron chi connectivity index (χ4n) is 2.07. The molecule has 1 unspecified atom stereocenters. The van der Waals surface area contributed by atoms with Crippen LogP contribution in [0, 0.1) is 0 Å². The number of rotatable bonds is 6. The van der Waals surface area contributed by atoms with Gasteiger partial charge in [-0.1, -0.05) is 0 Å². The van der Waals surface area contributed by atoms with Crippen molar-refractivity contribution in [2.24, 2.45) is 0 Å². The smallest absolute Gasteiger partial charge is 0.334 e. The van der Waals surface area contributed by atoms with Gasteiger partial charge in [0.1, 0.15) is 0 Å². The van der Waals surface area contributed by atoms with Gasteiger partial charge in [-0.25, -0.2) is 9.59 Å². The van der Waals surface area contributed by atoms with Crippen molar-refractivity contribution in [2.45, 2.75) is 6.10 Å². The van der Waals surface area contributed by atoms with Crippen molar-refractivity contribution in [1.29, 1.82) is 0 Å². The van der Waals surface area contributed by atoms with Gasteiger partial charge < -0.3 is 20.5 Å². The maximum atomic E-state index is 11.9. The van der Waals surface area contributed by atoms with E-state index in [9.17, 15) is 14.4 Å². The van der Waals surface area contributed by atoms with Crippen molar-refractivity contribution in [3.8, 4) is 0 Å². The standard InChI is InChI=1S/C14H17N3O5/c1-22-11(13(19)20)8-16-12(18)9-2-4-10(5-3-9)17-7-6-15-14(17)21/h2-5,11H,6-8H2,1H3,(H,15,21)(H,16,18)(H,19,20). The molecule has 1 aliphatic rings. The quantitative estimate of drug-likeness (QED) is 0.688. The second kappa shape index (κ2) is 6.90. The number of carbonyl (C=O) groups is 3. The number of hydrogen-bond acceptors (Lipinski definition) is 4. The van der Waals surface area contributed by atoms with Crippen LogP contribution in [0.15, 0.2) is 24.3 Å². The molecule has 1 heterocycles. The highest BCUT2D eigenvalue weighted by Crippen LogP contribution is 2.17. The van der Waals surface area contributed by atoms with Crippen LogP contribution in [0.25, 0.3) is 0 Å². The van der Waals surface area contributed by atoms with E-state index in [2.05, 4.69) is 10.6 Å². The zero-order valence-corrected chi connectivity index (χ0v) is 12.0. The summed E-state index contributed by atoms with van der Waals surface area (Å²) in [4.78, 5) is 35.8. The van der Waals surface area contributed by atoms with Gasteiger partial charge in [-0.05, 0) is 24.3 Å². The third kappa shape index (κ3) is 3.53. The van der Waals surface area contributed by atoms with Gasteiger partial charge in [0.15, 0.2) is 6.10 Å². The highest BCUT2D eigenvalue weighted by atomic mass is 16.5. The number of carboxylic acid groups (broad SMARTS) is 1. The van der Waals surface area contributed by atoms with Gasteiger partial charge in [0.05, 0.1) is 6.54 Å². The summed E-state index contributed by atoms with van der Waals surface area (Å²) in [7, 11) is 1.26. The number of methoxy groups -OCH3 is 1. The molecule has 0 saturated carbocycles. The molecule has 1 aromatic rings. The molecule has 1 aliphatic heterocycles. The van der Waals surface area contributed by atoms with Crippen LogP contribution in [0.2, 0.25) is 0 Å². The van der Waals surface area contributed by atoms with Gasteiger partial charge in [-0.15, -0.1) is 0 Å². The van der Waals surface area contributed by atoms with E-state index < -0.39 is 18.0 Å². The first-order valence-corrected chi connectivity index (χ1v) is 6.72. The summed E-state index contributed by atoms with van der Waals surface area (Å²) in [5.41, 5.74) is 1.08. The van der Waals surface area contributed by atoms with Crippen molar-refractivity contribution < 1.29 is 24.2 Å². The number of anilines is 1. The molecule has 8 heteroatoms. The minimum absolute atomic E-state index is 0.124. The molecule has 0 bridgehead atoms. The Hall–Kier alpha value is -2.61. The molecule has 2 rings (SSSR count). The topological polar surface area (TPSA) is 108 Å². The van der Waals surface area contributed by atoms with Crippen LogP contribution in [0.5, 0.6) is 0 Å². The van der Waals surface area contributed by atoms with E-state index >= 15 is 0 Å². The molecule has 8 nitrogen and oxygen atoms in total. The first-order chi connectivity index (χ1) is 10.5. The molecular formula is C14H17N3O5. The van der Waals surface area contributed by atoms with Crippen molar-refractivity contribution in [2.75, 3.05) is 31.6 Å². The Bertz CT molecular complexity index is 572. The van der Waals surface area contributed by atoms with Gasteiger partial charge in [0.2, 0.25) is 0 Å². The zero-order chi connectivity index (χ0) is 16.1. The lowest BCUT2D eigenvalue weighted by molar-refractivity contribution is -0.148. The van der Waals surface area contributed by atoms with Crippen molar-refractivity contribution in [1.82, 2.24) is 10.6 Å². The molecule has 0 spiro atoms. The van der Waals surface area contributed by atoms with E-state index in [1.807, 2.05) is 0 Å². The largest absolute Gasteiger partial charge is 0.479 e. The minimum atomic E-state index is -1.14. The molecule has 3 N–H and O–H groups in total. The van der Waals surface area contributed by atoms with E-state index in [1.165, 1.54) is 7.11 Å². The summed E-state index contributed by atoms with van der Waals surface area (Å²) in [6.07, 6.45) is -1.09. The molecule has 0 aromatic heterocycles. The first-order valence-electron chi connectivity index (χ1n) is 6.72. The van der Waals surface area contributed by atoms with Gasteiger partial charge >= 0.3 is 12.0 Å². The maximum absolute atomic E-state index is 11.9. The van der Waals surface area contributed by atoms with E-state index in [1.54, 1.807) is 29.2 Å². The monoisotopic (exact) mass is 307 g/mol. The number of nitrogens with zero attached hydrogens (tertiary/aromatic N) is 1. The fraction of sp³-hybridized carbons (Fsp3) is 0.357. The first kappa shape index (κ1) is 15.8. The molecule has 118 valence electrons. The molecule has 0 aliphatic carbocycles. The molecule has 1 atom stereocenters. The van der Waals surface area contributed by atoms with Crippen LogP contribution in [-0.2, 0) is 9.53 Å². The average Bonchev–Trinajstić information content (AvgIpc) is 2.93. The molecule has 1 aromatic carbocycles. The van der Waals surface area contributed by atoms with Gasteiger partial charge in [-0.2, -0.15) is 0 Å². The summed E-state index contributed by atoms with van der Waals surface area (Å²) in [6.45, 7) is 1.05. The highest BCUT2D eigenvalue weighted by Gasteiger charge is 2.21. The normalized spacial score (nSPS) is 15.3. The molecular weight excluding hydrogens is 290 g/mol. The number of carbonyl (C=O) groups excluding carboxylic acids is 2. The lowest BCUT2D eigenvalue weighted by Gasteiger charge is -2.15. The Kier molecular flexibility index (Phi) is 4.95. The SMILES string of the molecule is COC(CNC(=O)c1ccc(N2CCNC2=O)cc1)C(=O)O. The summed E-state index contributed by atoms with van der Waals surface area (Å²) in [5.74, 6) is -1.54. The molecule has 1 saturated heterocycles. The van der Waals surface area contributed by atoms with Crippen LogP contribution in [0.1, 0.15) is 10.4 Å². The molecule has 1 fully saturated rings. The van der Waals surface area contributed by atoms with Crippen molar-refractivity contribution in [3.05, 3.63) is 29.8 Å². The number of amides is 3. The number of nitrogens with one attached hydrogen (secondary N) is 2. The summed E-state index contributed by atoms with van der Waals surface area (Å²) in [5, 5.41) is 14.0. The summed E-state index contributed by atoms with van der Waals surface area (Å²) in [6, 6.07) is 6.34. The fourth-order valence-corrected chi connectivity index (χ4v) is 2.07. The Balaban J connectivity index is 1.96. The Labute approximate surface area is 127 Å². The number of aliphatic carboxylic acids is 1. The summed E-state index contributed by atoms with van der Waals surface area (Å²) < 4.78 is 4.73.